The van der Waals surface area contributed by atoms with Gasteiger partial charge in [0.2, 0.25) is 0 Å². The lowest BCUT2D eigenvalue weighted by atomic mass is 10.1. The molecule has 0 heterocycles. The van der Waals surface area contributed by atoms with Crippen LogP contribution in [0.4, 0.5) is 4.39 Å². The van der Waals surface area contributed by atoms with Gasteiger partial charge in [-0.2, -0.15) is 0 Å². The van der Waals surface area contributed by atoms with E-state index in [1.54, 1.807) is 12.1 Å². The van der Waals surface area contributed by atoms with Crippen LogP contribution in [0.2, 0.25) is 0 Å². The van der Waals surface area contributed by atoms with E-state index in [0.29, 0.717) is 5.03 Å². The van der Waals surface area contributed by atoms with E-state index in [1.165, 1.54) is 12.1 Å². The molecule has 0 aliphatic heterocycles. The summed E-state index contributed by atoms with van der Waals surface area (Å²) in [6.07, 6.45) is 1.82. The van der Waals surface area contributed by atoms with Crippen LogP contribution in [0, 0.1) is 5.82 Å². The molecule has 2 aromatic rings. The summed E-state index contributed by atoms with van der Waals surface area (Å²) in [6.45, 7) is 0. The molecule has 0 radical (unpaired) electrons. The molecular weight excluding hydrogens is 223 g/mol. The lowest BCUT2D eigenvalue weighted by molar-refractivity contribution is 0.628. The van der Waals surface area contributed by atoms with Crippen molar-refractivity contribution in [2.24, 2.45) is 0 Å². The van der Waals surface area contributed by atoms with Gasteiger partial charge < -0.3 is 0 Å². The van der Waals surface area contributed by atoms with E-state index in [2.05, 4.69) is 0 Å². The average molecular weight is 233 g/mol. The Hall–Kier alpha value is -1.60. The minimum atomic E-state index is -0.243. The highest BCUT2D eigenvalue weighted by Crippen LogP contribution is 2.21. The second-order valence-corrected chi connectivity index (χ2v) is 3.82. The maximum atomic E-state index is 12.7. The molecular formula is C14H10ClF. The van der Waals surface area contributed by atoms with Crippen LogP contribution in [-0.4, -0.2) is 0 Å². The van der Waals surface area contributed by atoms with Crippen molar-refractivity contribution in [2.75, 3.05) is 0 Å². The Morgan fingerprint density at radius 1 is 0.938 bits per heavy atom. The van der Waals surface area contributed by atoms with Gasteiger partial charge in [-0.3, -0.25) is 0 Å². The standard InChI is InChI=1S/C14H10ClF/c15-14(12-4-2-1-3-5-12)10-11-6-8-13(16)9-7-11/h1-10H. The third kappa shape index (κ3) is 2.71. The number of rotatable bonds is 2. The lowest BCUT2D eigenvalue weighted by Crippen LogP contribution is -1.78. The highest BCUT2D eigenvalue weighted by molar-refractivity contribution is 6.51. The minimum absolute atomic E-state index is 0.243. The van der Waals surface area contributed by atoms with Gasteiger partial charge >= 0.3 is 0 Å². The van der Waals surface area contributed by atoms with Gasteiger partial charge in [-0.15, -0.1) is 0 Å². The van der Waals surface area contributed by atoms with Crippen molar-refractivity contribution < 1.29 is 4.39 Å². The maximum Gasteiger partial charge on any atom is 0.123 e. The molecule has 0 aliphatic carbocycles. The van der Waals surface area contributed by atoms with Gasteiger partial charge in [0.15, 0.2) is 0 Å². The van der Waals surface area contributed by atoms with Gasteiger partial charge in [-0.25, -0.2) is 4.39 Å². The first kappa shape index (κ1) is 10.9. The normalized spacial score (nSPS) is 11.5. The average Bonchev–Trinajstić information content (AvgIpc) is 2.33. The Morgan fingerprint density at radius 2 is 1.56 bits per heavy atom. The first-order valence-electron chi connectivity index (χ1n) is 4.94. The number of hydrogen-bond donors (Lipinski definition) is 0. The minimum Gasteiger partial charge on any atom is -0.207 e. The van der Waals surface area contributed by atoms with Crippen molar-refractivity contribution in [1.29, 1.82) is 0 Å². The molecule has 0 bridgehead atoms. The van der Waals surface area contributed by atoms with E-state index in [9.17, 15) is 4.39 Å². The maximum absolute atomic E-state index is 12.7. The summed E-state index contributed by atoms with van der Waals surface area (Å²) in [5.74, 6) is -0.243. The van der Waals surface area contributed by atoms with Crippen LogP contribution in [-0.2, 0) is 0 Å². The SMILES string of the molecule is Fc1ccc(C=C(Cl)c2ccccc2)cc1. The Bertz CT molecular complexity index is 486. The third-order valence-corrected chi connectivity index (χ3v) is 2.54. The molecule has 0 saturated heterocycles. The zero-order valence-electron chi connectivity index (χ0n) is 8.53. The van der Waals surface area contributed by atoms with E-state index >= 15 is 0 Å². The molecule has 80 valence electrons. The molecule has 2 heteroatoms. The summed E-state index contributed by atoms with van der Waals surface area (Å²) in [4.78, 5) is 0. The first-order valence-corrected chi connectivity index (χ1v) is 5.32. The molecule has 0 aromatic heterocycles. The second kappa shape index (κ2) is 4.95. The lowest BCUT2D eigenvalue weighted by Gasteiger charge is -1.99. The number of benzene rings is 2. The van der Waals surface area contributed by atoms with E-state index in [4.69, 9.17) is 11.6 Å². The third-order valence-electron chi connectivity index (χ3n) is 2.21. The number of hydrogen-bond acceptors (Lipinski definition) is 0. The van der Waals surface area contributed by atoms with E-state index in [-0.39, 0.29) is 5.82 Å². The first-order chi connectivity index (χ1) is 7.75. The van der Waals surface area contributed by atoms with E-state index in [0.717, 1.165) is 11.1 Å². The molecule has 2 aromatic carbocycles. The molecule has 0 fully saturated rings. The summed E-state index contributed by atoms with van der Waals surface area (Å²) in [6, 6.07) is 15.9. The molecule has 0 atom stereocenters. The van der Waals surface area contributed by atoms with Gasteiger partial charge in [0.1, 0.15) is 5.82 Å². The predicted octanol–water partition coefficient (Wildman–Crippen LogP) is 4.56. The second-order valence-electron chi connectivity index (χ2n) is 3.41. The molecule has 0 nitrogen and oxygen atoms in total. The van der Waals surface area contributed by atoms with Crippen molar-refractivity contribution in [3.63, 3.8) is 0 Å². The van der Waals surface area contributed by atoms with Crippen LogP contribution in [0.3, 0.4) is 0 Å². The summed E-state index contributed by atoms with van der Waals surface area (Å²) < 4.78 is 12.7. The monoisotopic (exact) mass is 232 g/mol. The summed E-state index contributed by atoms with van der Waals surface area (Å²) in [5.41, 5.74) is 1.84. The van der Waals surface area contributed by atoms with Gasteiger partial charge in [0.05, 0.1) is 0 Å². The van der Waals surface area contributed by atoms with Crippen molar-refractivity contribution in [1.82, 2.24) is 0 Å². The van der Waals surface area contributed by atoms with Crippen LogP contribution < -0.4 is 0 Å². The van der Waals surface area contributed by atoms with Gasteiger partial charge in [-0.05, 0) is 29.3 Å². The molecule has 0 N–H and O–H groups in total. The quantitative estimate of drug-likeness (QED) is 0.666. The fourth-order valence-electron chi connectivity index (χ4n) is 1.39. The van der Waals surface area contributed by atoms with Gasteiger partial charge in [0, 0.05) is 5.03 Å². The van der Waals surface area contributed by atoms with Crippen molar-refractivity contribution in [3.05, 3.63) is 71.5 Å². The largest absolute Gasteiger partial charge is 0.207 e. The molecule has 0 unspecified atom stereocenters. The summed E-state index contributed by atoms with van der Waals surface area (Å²) in [5, 5.41) is 0.646. The van der Waals surface area contributed by atoms with Gasteiger partial charge in [0.25, 0.3) is 0 Å². The fourth-order valence-corrected chi connectivity index (χ4v) is 1.64. The Kier molecular flexibility index (Phi) is 3.37. The van der Waals surface area contributed by atoms with Crippen LogP contribution in [0.1, 0.15) is 11.1 Å². The summed E-state index contributed by atoms with van der Waals surface area (Å²) >= 11 is 6.15. The highest BCUT2D eigenvalue weighted by atomic mass is 35.5. The molecule has 2 rings (SSSR count). The van der Waals surface area contributed by atoms with Gasteiger partial charge in [-0.1, -0.05) is 54.1 Å². The molecule has 0 aliphatic rings. The van der Waals surface area contributed by atoms with Crippen molar-refractivity contribution >= 4 is 22.7 Å². The van der Waals surface area contributed by atoms with E-state index in [1.807, 2.05) is 36.4 Å². The predicted molar refractivity (Wildman–Crippen MR) is 66.6 cm³/mol. The fraction of sp³-hybridized carbons (Fsp3) is 0. The molecule has 16 heavy (non-hydrogen) atoms. The zero-order valence-corrected chi connectivity index (χ0v) is 9.29. The summed E-state index contributed by atoms with van der Waals surface area (Å²) in [7, 11) is 0. The van der Waals surface area contributed by atoms with Crippen molar-refractivity contribution in [2.45, 2.75) is 0 Å². The molecule has 0 amide bonds. The topological polar surface area (TPSA) is 0 Å². The Balaban J connectivity index is 2.28. The van der Waals surface area contributed by atoms with Crippen molar-refractivity contribution in [3.8, 4) is 0 Å². The smallest absolute Gasteiger partial charge is 0.123 e. The number of halogens is 2. The van der Waals surface area contributed by atoms with E-state index < -0.39 is 0 Å². The molecule has 0 spiro atoms. The van der Waals surface area contributed by atoms with Crippen LogP contribution in [0.15, 0.2) is 54.6 Å². The Labute approximate surface area is 99.0 Å². The van der Waals surface area contributed by atoms with Crippen LogP contribution in [0.5, 0.6) is 0 Å². The highest BCUT2D eigenvalue weighted by Gasteiger charge is 1.97. The Morgan fingerprint density at radius 3 is 2.19 bits per heavy atom. The van der Waals surface area contributed by atoms with Crippen LogP contribution in [0.25, 0.3) is 11.1 Å². The molecule has 0 saturated carbocycles. The van der Waals surface area contributed by atoms with Crippen LogP contribution >= 0.6 is 11.6 Å². The zero-order chi connectivity index (χ0) is 11.4.